The molecule has 1 aliphatic rings. The fourth-order valence-corrected chi connectivity index (χ4v) is 4.59. The van der Waals surface area contributed by atoms with Crippen LogP contribution in [0.1, 0.15) is 63.6 Å². The van der Waals surface area contributed by atoms with Gasteiger partial charge in [-0.05, 0) is 49.9 Å². The molecule has 3 heterocycles. The summed E-state index contributed by atoms with van der Waals surface area (Å²) in [5, 5.41) is 14.6. The first-order valence-electron chi connectivity index (χ1n) is 11.1. The molecule has 1 amide bonds. The minimum Gasteiger partial charge on any atom is -0.382 e. The minimum atomic E-state index is -1.60. The molecule has 0 aromatic carbocycles. The molecule has 1 aliphatic heterocycles. The third-order valence-electron chi connectivity index (χ3n) is 6.30. The number of carbonyl (C=O) groups is 2. The lowest BCUT2D eigenvalue weighted by Gasteiger charge is -2.45. The van der Waals surface area contributed by atoms with Gasteiger partial charge in [0, 0.05) is 37.8 Å². The zero-order valence-electron chi connectivity index (χ0n) is 19.6. The number of likely N-dealkylation sites (tertiary alicyclic amines) is 1. The summed E-state index contributed by atoms with van der Waals surface area (Å²) in [6.07, 6.45) is 4.11. The largest absolute Gasteiger partial charge is 0.382 e. The van der Waals surface area contributed by atoms with E-state index in [1.54, 1.807) is 37.5 Å². The summed E-state index contributed by atoms with van der Waals surface area (Å²) < 4.78 is 0. The predicted octanol–water partition coefficient (Wildman–Crippen LogP) is 3.20. The van der Waals surface area contributed by atoms with Crippen molar-refractivity contribution in [2.45, 2.75) is 65.3 Å². The molecule has 32 heavy (non-hydrogen) atoms. The van der Waals surface area contributed by atoms with Gasteiger partial charge < -0.3 is 10.4 Å². The SMILES string of the molecule is CC(C)(C)CC(=O)C(C)(O)C1CCN(Cc2ccccn2)C1(C)NC(=O)c1ccccn1. The highest BCUT2D eigenvalue weighted by Gasteiger charge is 2.56. The highest BCUT2D eigenvalue weighted by atomic mass is 16.3. The first kappa shape index (κ1) is 24.0. The van der Waals surface area contributed by atoms with E-state index in [2.05, 4.69) is 20.2 Å². The second-order valence-corrected chi connectivity index (χ2v) is 10.2. The van der Waals surface area contributed by atoms with Crippen LogP contribution in [0.15, 0.2) is 48.8 Å². The van der Waals surface area contributed by atoms with E-state index in [1.165, 1.54) is 0 Å². The highest BCUT2D eigenvalue weighted by molar-refractivity contribution is 5.93. The Kier molecular flexibility index (Phi) is 6.81. The van der Waals surface area contributed by atoms with Gasteiger partial charge in [0.25, 0.3) is 5.91 Å². The van der Waals surface area contributed by atoms with Gasteiger partial charge >= 0.3 is 0 Å². The molecule has 3 unspecified atom stereocenters. The van der Waals surface area contributed by atoms with Gasteiger partial charge in [-0.2, -0.15) is 0 Å². The molecule has 2 aromatic rings. The van der Waals surface area contributed by atoms with Crippen LogP contribution in [0.4, 0.5) is 0 Å². The van der Waals surface area contributed by atoms with Crippen molar-refractivity contribution in [1.82, 2.24) is 20.2 Å². The molecule has 0 saturated carbocycles. The predicted molar refractivity (Wildman–Crippen MR) is 123 cm³/mol. The fraction of sp³-hybridized carbons (Fsp3) is 0.520. The molecule has 1 fully saturated rings. The highest BCUT2D eigenvalue weighted by Crippen LogP contribution is 2.42. The first-order chi connectivity index (χ1) is 14.9. The molecule has 7 nitrogen and oxygen atoms in total. The summed E-state index contributed by atoms with van der Waals surface area (Å²) in [5.41, 5.74) is -1.67. The van der Waals surface area contributed by atoms with Crippen molar-refractivity contribution in [2.75, 3.05) is 6.54 Å². The third kappa shape index (κ3) is 5.22. The molecule has 0 radical (unpaired) electrons. The van der Waals surface area contributed by atoms with E-state index in [4.69, 9.17) is 0 Å². The molecule has 0 bridgehead atoms. The molecule has 7 heteroatoms. The van der Waals surface area contributed by atoms with Gasteiger partial charge in [-0.3, -0.25) is 24.5 Å². The third-order valence-corrected chi connectivity index (χ3v) is 6.30. The zero-order valence-corrected chi connectivity index (χ0v) is 19.6. The van der Waals surface area contributed by atoms with Crippen molar-refractivity contribution < 1.29 is 14.7 Å². The maximum Gasteiger partial charge on any atom is 0.271 e. The van der Waals surface area contributed by atoms with Gasteiger partial charge in [0.2, 0.25) is 0 Å². The molecule has 3 atom stereocenters. The van der Waals surface area contributed by atoms with Crippen LogP contribution in [0.5, 0.6) is 0 Å². The molecule has 1 saturated heterocycles. The Balaban J connectivity index is 1.94. The number of hydrogen-bond donors (Lipinski definition) is 2. The molecule has 172 valence electrons. The van der Waals surface area contributed by atoms with Crippen LogP contribution in [-0.4, -0.2) is 49.5 Å². The monoisotopic (exact) mass is 438 g/mol. The summed E-state index contributed by atoms with van der Waals surface area (Å²) in [5.74, 6) is -1.06. The molecular formula is C25H34N4O3. The van der Waals surface area contributed by atoms with Gasteiger partial charge in [0.05, 0.1) is 11.4 Å². The number of ketones is 1. The van der Waals surface area contributed by atoms with Gasteiger partial charge in [0.1, 0.15) is 11.3 Å². The normalized spacial score (nSPS) is 23.5. The number of nitrogens with one attached hydrogen (secondary N) is 1. The zero-order chi connectivity index (χ0) is 23.6. The number of hydrogen-bond acceptors (Lipinski definition) is 6. The van der Waals surface area contributed by atoms with Crippen molar-refractivity contribution in [1.29, 1.82) is 0 Å². The number of Topliss-reactive ketones (excluding diaryl/α,β-unsaturated/α-hetero) is 1. The Hall–Kier alpha value is -2.64. The molecule has 3 rings (SSSR count). The Labute approximate surface area is 190 Å². The van der Waals surface area contributed by atoms with Gasteiger partial charge in [-0.25, -0.2) is 0 Å². The number of aliphatic hydroxyl groups is 1. The standard InChI is InChI=1S/C25H34N4O3/c1-23(2,3)16-21(30)24(4,32)20-12-15-29(17-18-10-6-8-13-26-18)25(20,5)28-22(31)19-11-7-9-14-27-19/h6-11,13-14,20,32H,12,15-17H2,1-5H3,(H,28,31). The van der Waals surface area contributed by atoms with E-state index in [1.807, 2.05) is 45.9 Å². The van der Waals surface area contributed by atoms with Gasteiger partial charge in [-0.1, -0.05) is 32.9 Å². The van der Waals surface area contributed by atoms with Crippen LogP contribution in [0.2, 0.25) is 0 Å². The lowest BCUT2D eigenvalue weighted by Crippen LogP contribution is -2.64. The minimum absolute atomic E-state index is 0.215. The van der Waals surface area contributed by atoms with E-state index < -0.39 is 17.2 Å². The second-order valence-electron chi connectivity index (χ2n) is 10.2. The number of carbonyl (C=O) groups excluding carboxylic acids is 2. The average Bonchev–Trinajstić information content (AvgIpc) is 3.04. The Morgan fingerprint density at radius 3 is 2.34 bits per heavy atom. The maximum atomic E-state index is 13.2. The van der Waals surface area contributed by atoms with E-state index >= 15 is 0 Å². The lowest BCUT2D eigenvalue weighted by atomic mass is 9.73. The Morgan fingerprint density at radius 1 is 1.12 bits per heavy atom. The quantitative estimate of drug-likeness (QED) is 0.689. The number of amides is 1. The summed E-state index contributed by atoms with van der Waals surface area (Å²) in [4.78, 5) is 36.9. The van der Waals surface area contributed by atoms with Crippen LogP contribution in [0.3, 0.4) is 0 Å². The van der Waals surface area contributed by atoms with Crippen molar-refractivity contribution in [2.24, 2.45) is 11.3 Å². The van der Waals surface area contributed by atoms with Crippen LogP contribution in [0.25, 0.3) is 0 Å². The maximum absolute atomic E-state index is 13.2. The molecule has 0 aliphatic carbocycles. The number of aromatic nitrogens is 2. The van der Waals surface area contributed by atoms with Crippen LogP contribution in [-0.2, 0) is 11.3 Å². The number of pyridine rings is 2. The molecule has 0 spiro atoms. The van der Waals surface area contributed by atoms with E-state index in [0.717, 1.165) is 5.69 Å². The average molecular weight is 439 g/mol. The number of nitrogens with zero attached hydrogens (tertiary/aromatic N) is 3. The Morgan fingerprint density at radius 2 is 1.78 bits per heavy atom. The van der Waals surface area contributed by atoms with Crippen LogP contribution < -0.4 is 5.32 Å². The smallest absolute Gasteiger partial charge is 0.271 e. The fourth-order valence-electron chi connectivity index (χ4n) is 4.59. The molecular weight excluding hydrogens is 404 g/mol. The van der Waals surface area contributed by atoms with E-state index in [9.17, 15) is 14.7 Å². The van der Waals surface area contributed by atoms with E-state index in [0.29, 0.717) is 19.5 Å². The first-order valence-corrected chi connectivity index (χ1v) is 11.1. The van der Waals surface area contributed by atoms with Crippen molar-refractivity contribution in [3.63, 3.8) is 0 Å². The van der Waals surface area contributed by atoms with Crippen molar-refractivity contribution >= 4 is 11.7 Å². The summed E-state index contributed by atoms with van der Waals surface area (Å²) in [6, 6.07) is 10.9. The second kappa shape index (κ2) is 9.08. The van der Waals surface area contributed by atoms with Crippen LogP contribution >= 0.6 is 0 Å². The summed E-state index contributed by atoms with van der Waals surface area (Å²) in [7, 11) is 0. The van der Waals surface area contributed by atoms with Gasteiger partial charge in [-0.15, -0.1) is 0 Å². The molecule has 2 aromatic heterocycles. The molecule has 2 N–H and O–H groups in total. The lowest BCUT2D eigenvalue weighted by molar-refractivity contribution is -0.148. The Bertz CT molecular complexity index is 941. The summed E-state index contributed by atoms with van der Waals surface area (Å²) in [6.45, 7) is 10.5. The van der Waals surface area contributed by atoms with Crippen molar-refractivity contribution in [3.8, 4) is 0 Å². The van der Waals surface area contributed by atoms with E-state index in [-0.39, 0.29) is 29.2 Å². The number of rotatable bonds is 7. The van der Waals surface area contributed by atoms with Gasteiger partial charge in [0.15, 0.2) is 5.78 Å². The summed E-state index contributed by atoms with van der Waals surface area (Å²) >= 11 is 0. The van der Waals surface area contributed by atoms with Crippen molar-refractivity contribution in [3.05, 3.63) is 60.2 Å². The van der Waals surface area contributed by atoms with Crippen LogP contribution in [0, 0.1) is 11.3 Å². The topological polar surface area (TPSA) is 95.4 Å².